The van der Waals surface area contributed by atoms with E-state index < -0.39 is 11.4 Å². The first-order valence-electron chi connectivity index (χ1n) is 7.21. The van der Waals surface area contributed by atoms with Gasteiger partial charge >= 0.3 is 5.97 Å². The van der Waals surface area contributed by atoms with E-state index in [-0.39, 0.29) is 5.91 Å². The van der Waals surface area contributed by atoms with Gasteiger partial charge in [0.05, 0.1) is 17.8 Å². The van der Waals surface area contributed by atoms with Crippen LogP contribution in [0.2, 0.25) is 0 Å². The topological polar surface area (TPSA) is 75.6 Å². The van der Waals surface area contributed by atoms with Crippen LogP contribution in [0.4, 0.5) is 0 Å². The third kappa shape index (κ3) is 6.39. The molecule has 0 aliphatic carbocycles. The Morgan fingerprint density at radius 3 is 2.45 bits per heavy atom. The number of hydrogen-bond acceptors (Lipinski definition) is 4. The van der Waals surface area contributed by atoms with Crippen molar-refractivity contribution in [3.8, 4) is 5.75 Å². The van der Waals surface area contributed by atoms with Crippen molar-refractivity contribution in [2.45, 2.75) is 32.1 Å². The maximum atomic E-state index is 11.7. The molecule has 6 heteroatoms. The molecule has 5 nitrogen and oxygen atoms in total. The van der Waals surface area contributed by atoms with Gasteiger partial charge in [-0.15, -0.1) is 11.8 Å². The number of thioether (sulfide) groups is 1. The highest BCUT2D eigenvalue weighted by atomic mass is 32.2. The summed E-state index contributed by atoms with van der Waals surface area (Å²) in [5.74, 6) is 0.166. The van der Waals surface area contributed by atoms with Gasteiger partial charge in [-0.05, 0) is 51.5 Å². The van der Waals surface area contributed by atoms with Crippen LogP contribution in [-0.4, -0.2) is 35.9 Å². The van der Waals surface area contributed by atoms with Crippen LogP contribution >= 0.6 is 11.8 Å². The summed E-state index contributed by atoms with van der Waals surface area (Å²) in [6, 6.07) is 7.57. The second-order valence-electron chi connectivity index (χ2n) is 5.48. The highest BCUT2D eigenvalue weighted by molar-refractivity contribution is 8.00. The molecule has 1 rings (SSSR count). The van der Waals surface area contributed by atoms with Crippen molar-refractivity contribution in [2.24, 2.45) is 5.41 Å². The monoisotopic (exact) mass is 325 g/mol. The van der Waals surface area contributed by atoms with Crippen molar-refractivity contribution < 1.29 is 19.4 Å². The molecule has 0 radical (unpaired) electrons. The van der Waals surface area contributed by atoms with Gasteiger partial charge in [0.2, 0.25) is 5.91 Å². The van der Waals surface area contributed by atoms with Crippen LogP contribution in [0.25, 0.3) is 0 Å². The molecule has 1 aromatic carbocycles. The first kappa shape index (κ1) is 18.4. The highest BCUT2D eigenvalue weighted by Crippen LogP contribution is 2.22. The first-order chi connectivity index (χ1) is 10.3. The second kappa shape index (κ2) is 8.68. The van der Waals surface area contributed by atoms with E-state index in [1.807, 2.05) is 31.2 Å². The van der Waals surface area contributed by atoms with E-state index in [0.29, 0.717) is 25.3 Å². The Balaban J connectivity index is 2.30. The Hall–Kier alpha value is -1.69. The van der Waals surface area contributed by atoms with Gasteiger partial charge in [0, 0.05) is 11.4 Å². The maximum Gasteiger partial charge on any atom is 0.309 e. The zero-order valence-corrected chi connectivity index (χ0v) is 14.0. The highest BCUT2D eigenvalue weighted by Gasteiger charge is 2.26. The Morgan fingerprint density at radius 1 is 1.27 bits per heavy atom. The maximum absolute atomic E-state index is 11.7. The quantitative estimate of drug-likeness (QED) is 0.683. The number of amides is 1. The third-order valence-corrected chi connectivity index (χ3v) is 4.17. The summed E-state index contributed by atoms with van der Waals surface area (Å²) in [4.78, 5) is 23.7. The SMILES string of the molecule is CCOc1ccc(SCC(=O)NCCC(C)(C)C(=O)O)cc1. The average molecular weight is 325 g/mol. The number of benzene rings is 1. The molecule has 0 fully saturated rings. The molecule has 0 saturated heterocycles. The Bertz CT molecular complexity index is 499. The number of hydrogen-bond donors (Lipinski definition) is 2. The molecule has 0 saturated carbocycles. The van der Waals surface area contributed by atoms with E-state index >= 15 is 0 Å². The molecule has 0 heterocycles. The number of carbonyl (C=O) groups is 2. The largest absolute Gasteiger partial charge is 0.494 e. The molecule has 1 amide bonds. The summed E-state index contributed by atoms with van der Waals surface area (Å²) < 4.78 is 5.35. The predicted molar refractivity (Wildman–Crippen MR) is 87.4 cm³/mol. The summed E-state index contributed by atoms with van der Waals surface area (Å²) in [5.41, 5.74) is -0.824. The van der Waals surface area contributed by atoms with Crippen LogP contribution < -0.4 is 10.1 Å². The first-order valence-corrected chi connectivity index (χ1v) is 8.19. The van der Waals surface area contributed by atoms with Gasteiger partial charge in [0.1, 0.15) is 5.75 Å². The molecule has 0 unspecified atom stereocenters. The molecule has 0 aliphatic rings. The van der Waals surface area contributed by atoms with Gasteiger partial charge in [-0.2, -0.15) is 0 Å². The number of carboxylic acid groups (broad SMARTS) is 1. The smallest absolute Gasteiger partial charge is 0.309 e. The molecule has 0 aromatic heterocycles. The normalized spacial score (nSPS) is 11.0. The Kier molecular flexibility index (Phi) is 7.24. The third-order valence-electron chi connectivity index (χ3n) is 3.16. The molecule has 1 aromatic rings. The molecule has 22 heavy (non-hydrogen) atoms. The minimum absolute atomic E-state index is 0.0972. The van der Waals surface area contributed by atoms with Crippen LogP contribution in [0.5, 0.6) is 5.75 Å². The van der Waals surface area contributed by atoms with E-state index in [1.165, 1.54) is 11.8 Å². The Labute approximate surface area is 135 Å². The molecule has 122 valence electrons. The number of aliphatic carboxylic acids is 1. The van der Waals surface area contributed by atoms with E-state index in [1.54, 1.807) is 13.8 Å². The summed E-state index contributed by atoms with van der Waals surface area (Å²) in [7, 11) is 0. The fourth-order valence-electron chi connectivity index (χ4n) is 1.62. The number of nitrogens with one attached hydrogen (secondary N) is 1. The van der Waals surface area contributed by atoms with Crippen molar-refractivity contribution in [3.05, 3.63) is 24.3 Å². The molecule has 0 atom stereocenters. The standard InChI is InChI=1S/C16H23NO4S/c1-4-21-12-5-7-13(8-6-12)22-11-14(18)17-10-9-16(2,3)15(19)20/h5-8H,4,9-11H2,1-3H3,(H,17,18)(H,19,20). The van der Waals surface area contributed by atoms with Crippen molar-refractivity contribution >= 4 is 23.6 Å². The van der Waals surface area contributed by atoms with Crippen molar-refractivity contribution in [1.82, 2.24) is 5.32 Å². The van der Waals surface area contributed by atoms with Crippen molar-refractivity contribution in [2.75, 3.05) is 18.9 Å². The van der Waals surface area contributed by atoms with Gasteiger partial charge < -0.3 is 15.2 Å². The van der Waals surface area contributed by atoms with Crippen molar-refractivity contribution in [1.29, 1.82) is 0 Å². The number of carbonyl (C=O) groups excluding carboxylic acids is 1. The zero-order chi connectivity index (χ0) is 16.6. The second-order valence-corrected chi connectivity index (χ2v) is 6.53. The molecule has 0 aliphatic heterocycles. The number of rotatable bonds is 9. The average Bonchev–Trinajstić information content (AvgIpc) is 2.46. The van der Waals surface area contributed by atoms with Crippen LogP contribution in [-0.2, 0) is 9.59 Å². The summed E-state index contributed by atoms with van der Waals surface area (Å²) >= 11 is 1.44. The fraction of sp³-hybridized carbons (Fsp3) is 0.500. The lowest BCUT2D eigenvalue weighted by Gasteiger charge is -2.18. The van der Waals surface area contributed by atoms with Gasteiger partial charge in [-0.3, -0.25) is 9.59 Å². The summed E-state index contributed by atoms with van der Waals surface area (Å²) in [5, 5.41) is 11.7. The van der Waals surface area contributed by atoms with Crippen LogP contribution in [0.3, 0.4) is 0 Å². The van der Waals surface area contributed by atoms with Crippen molar-refractivity contribution in [3.63, 3.8) is 0 Å². The van der Waals surface area contributed by atoms with E-state index in [4.69, 9.17) is 9.84 Å². The lowest BCUT2D eigenvalue weighted by atomic mass is 9.90. The predicted octanol–water partition coefficient (Wildman–Crippen LogP) is 2.79. The Morgan fingerprint density at radius 2 is 1.91 bits per heavy atom. The number of carboxylic acids is 1. The molecular weight excluding hydrogens is 302 g/mol. The van der Waals surface area contributed by atoms with Crippen LogP contribution in [0.1, 0.15) is 27.2 Å². The summed E-state index contributed by atoms with van der Waals surface area (Å²) in [6.45, 7) is 6.22. The lowest BCUT2D eigenvalue weighted by molar-refractivity contribution is -0.147. The van der Waals surface area contributed by atoms with E-state index in [0.717, 1.165) is 10.6 Å². The molecule has 0 bridgehead atoms. The van der Waals surface area contributed by atoms with Gasteiger partial charge in [0.15, 0.2) is 0 Å². The minimum atomic E-state index is -0.856. The van der Waals surface area contributed by atoms with Crippen LogP contribution in [0, 0.1) is 5.41 Å². The van der Waals surface area contributed by atoms with Gasteiger partial charge in [-0.25, -0.2) is 0 Å². The molecular formula is C16H23NO4S. The minimum Gasteiger partial charge on any atom is -0.494 e. The van der Waals surface area contributed by atoms with E-state index in [2.05, 4.69) is 5.32 Å². The lowest BCUT2D eigenvalue weighted by Crippen LogP contribution is -2.32. The summed E-state index contributed by atoms with van der Waals surface area (Å²) in [6.07, 6.45) is 0.405. The molecule has 0 spiro atoms. The zero-order valence-electron chi connectivity index (χ0n) is 13.2. The molecule has 2 N–H and O–H groups in total. The number of ether oxygens (including phenoxy) is 1. The van der Waals surface area contributed by atoms with E-state index in [9.17, 15) is 9.59 Å². The fourth-order valence-corrected chi connectivity index (χ4v) is 2.35. The van der Waals surface area contributed by atoms with Gasteiger partial charge in [-0.1, -0.05) is 0 Å². The van der Waals surface area contributed by atoms with Gasteiger partial charge in [0.25, 0.3) is 0 Å². The van der Waals surface area contributed by atoms with Crippen LogP contribution in [0.15, 0.2) is 29.2 Å².